The SMILES string of the molecule is CN(C)CCCNC=C1C=C([N+](=O)[O-])C=CC1=O.CN(C)CCCNC=C1C=C([N+](=O)[O-])C=CC1=O.[Ni+2]. The predicted octanol–water partition coefficient (Wildman–Crippen LogP) is 1.42. The second-order valence-corrected chi connectivity index (χ2v) is 8.47. The van der Waals surface area contributed by atoms with E-state index in [0.717, 1.165) is 39.0 Å². The Kier molecular flexibility index (Phi) is 16.3. The van der Waals surface area contributed by atoms with E-state index in [-0.39, 0.29) is 39.5 Å². The number of allylic oxidation sites excluding steroid dienone is 8. The Morgan fingerprint density at radius 1 is 0.730 bits per heavy atom. The van der Waals surface area contributed by atoms with Gasteiger partial charge in [0.2, 0.25) is 0 Å². The van der Waals surface area contributed by atoms with E-state index >= 15 is 0 Å². The van der Waals surface area contributed by atoms with Crippen molar-refractivity contribution in [1.82, 2.24) is 20.4 Å². The summed E-state index contributed by atoms with van der Waals surface area (Å²) >= 11 is 0. The molecule has 0 aromatic rings. The number of rotatable bonds is 12. The van der Waals surface area contributed by atoms with Crippen LogP contribution in [-0.2, 0) is 26.1 Å². The molecule has 0 atom stereocenters. The van der Waals surface area contributed by atoms with E-state index in [1.807, 2.05) is 28.2 Å². The van der Waals surface area contributed by atoms with Crippen LogP contribution in [0.25, 0.3) is 0 Å². The molecular weight excluding hydrogens is 527 g/mol. The monoisotopic (exact) mass is 560 g/mol. The van der Waals surface area contributed by atoms with Gasteiger partial charge in [0.1, 0.15) is 0 Å². The summed E-state index contributed by atoms with van der Waals surface area (Å²) in [6, 6.07) is 0. The van der Waals surface area contributed by atoms with Crippen LogP contribution >= 0.6 is 0 Å². The van der Waals surface area contributed by atoms with Crippen LogP contribution in [-0.4, -0.2) is 85.6 Å². The maximum Gasteiger partial charge on any atom is 2.00 e. The van der Waals surface area contributed by atoms with Crippen LogP contribution in [0.2, 0.25) is 0 Å². The molecule has 13 heteroatoms. The van der Waals surface area contributed by atoms with Gasteiger partial charge in [-0.25, -0.2) is 0 Å². The van der Waals surface area contributed by atoms with Crippen molar-refractivity contribution < 1.29 is 35.9 Å². The zero-order chi connectivity index (χ0) is 27.1. The molecule has 0 amide bonds. The molecule has 0 saturated carbocycles. The minimum atomic E-state index is -0.511. The molecule has 0 fully saturated rings. The van der Waals surface area contributed by atoms with E-state index < -0.39 is 9.85 Å². The number of carbonyl (C=O) groups excluding carboxylic acids is 2. The van der Waals surface area contributed by atoms with Gasteiger partial charge in [0.25, 0.3) is 11.4 Å². The normalized spacial score (nSPS) is 16.7. The molecule has 37 heavy (non-hydrogen) atoms. The van der Waals surface area contributed by atoms with Crippen molar-refractivity contribution in [3.05, 3.63) is 91.6 Å². The molecule has 0 saturated heterocycles. The van der Waals surface area contributed by atoms with Gasteiger partial charge in [-0.2, -0.15) is 0 Å². The standard InChI is InChI=1S/2C12H17N3O3.Ni/c2*1-14(2)7-3-6-13-9-10-8-11(15(17)18)4-5-12(10)16;/h2*4-5,8-9,13H,3,6-7H2,1-2H3;/q;;+2. The number of hydrogen-bond acceptors (Lipinski definition) is 10. The van der Waals surface area contributed by atoms with E-state index in [9.17, 15) is 29.8 Å². The summed E-state index contributed by atoms with van der Waals surface area (Å²) in [5.74, 6) is -0.443. The average Bonchev–Trinajstić information content (AvgIpc) is 2.80. The van der Waals surface area contributed by atoms with Gasteiger partial charge in [0.05, 0.1) is 9.85 Å². The molecule has 2 rings (SSSR count). The number of hydrogen-bond donors (Lipinski definition) is 2. The summed E-state index contributed by atoms with van der Waals surface area (Å²) in [6.07, 6.45) is 12.4. The Morgan fingerprint density at radius 2 is 1.08 bits per heavy atom. The molecule has 2 aliphatic carbocycles. The maximum atomic E-state index is 11.5. The molecular formula is C24H34N6NiO6+2. The van der Waals surface area contributed by atoms with Gasteiger partial charge in [-0.1, -0.05) is 0 Å². The minimum Gasteiger partial charge on any atom is -0.390 e. The Bertz CT molecular complexity index is 931. The molecule has 0 unspecified atom stereocenters. The number of nitrogens with zero attached hydrogens (tertiary/aromatic N) is 4. The zero-order valence-corrected chi connectivity index (χ0v) is 22.4. The fourth-order valence-electron chi connectivity index (χ4n) is 2.88. The van der Waals surface area contributed by atoms with Crippen LogP contribution in [0, 0.1) is 20.2 Å². The third-order valence-corrected chi connectivity index (χ3v) is 4.78. The van der Waals surface area contributed by atoms with Crippen LogP contribution in [0.15, 0.2) is 71.4 Å². The largest absolute Gasteiger partial charge is 2.00 e. The summed E-state index contributed by atoms with van der Waals surface area (Å²) in [5.41, 5.74) is 0.481. The summed E-state index contributed by atoms with van der Waals surface area (Å²) < 4.78 is 0. The molecule has 0 radical (unpaired) electrons. The maximum absolute atomic E-state index is 11.5. The van der Waals surface area contributed by atoms with Crippen molar-refractivity contribution in [1.29, 1.82) is 0 Å². The van der Waals surface area contributed by atoms with Crippen molar-refractivity contribution in [3.8, 4) is 0 Å². The second kappa shape index (κ2) is 17.9. The van der Waals surface area contributed by atoms with E-state index in [1.54, 1.807) is 0 Å². The fraction of sp³-hybridized carbons (Fsp3) is 0.417. The molecule has 2 aliphatic rings. The Balaban J connectivity index is 0.000000682. The van der Waals surface area contributed by atoms with Gasteiger partial charge in [0.15, 0.2) is 11.6 Å². The number of nitro groups is 2. The molecule has 0 aliphatic heterocycles. The van der Waals surface area contributed by atoms with Crippen molar-refractivity contribution in [2.45, 2.75) is 12.8 Å². The summed E-state index contributed by atoms with van der Waals surface area (Å²) in [6.45, 7) is 3.33. The van der Waals surface area contributed by atoms with Crippen LogP contribution in [0.1, 0.15) is 12.8 Å². The molecule has 0 aromatic heterocycles. The van der Waals surface area contributed by atoms with Crippen LogP contribution in [0.5, 0.6) is 0 Å². The topological polar surface area (TPSA) is 151 Å². The van der Waals surface area contributed by atoms with Crippen molar-refractivity contribution >= 4 is 11.6 Å². The first-order valence-corrected chi connectivity index (χ1v) is 11.3. The molecule has 0 aromatic carbocycles. The van der Waals surface area contributed by atoms with Crippen molar-refractivity contribution in [2.75, 3.05) is 54.4 Å². The predicted molar refractivity (Wildman–Crippen MR) is 137 cm³/mol. The molecule has 204 valence electrons. The smallest absolute Gasteiger partial charge is 0.390 e. The Labute approximate surface area is 226 Å². The van der Waals surface area contributed by atoms with Crippen LogP contribution in [0.3, 0.4) is 0 Å². The third kappa shape index (κ3) is 14.1. The molecule has 0 heterocycles. The first kappa shape index (κ1) is 33.6. The second-order valence-electron chi connectivity index (χ2n) is 8.47. The van der Waals surface area contributed by atoms with Gasteiger partial charge < -0.3 is 20.4 Å². The first-order valence-electron chi connectivity index (χ1n) is 11.3. The van der Waals surface area contributed by atoms with Gasteiger partial charge in [-0.05, 0) is 66.3 Å². The van der Waals surface area contributed by atoms with Crippen LogP contribution in [0.4, 0.5) is 0 Å². The van der Waals surface area contributed by atoms with Crippen molar-refractivity contribution in [2.24, 2.45) is 0 Å². The van der Waals surface area contributed by atoms with Gasteiger partial charge >= 0.3 is 16.5 Å². The molecule has 0 spiro atoms. The van der Waals surface area contributed by atoms with Gasteiger partial charge in [-0.3, -0.25) is 29.8 Å². The third-order valence-electron chi connectivity index (χ3n) is 4.78. The summed E-state index contributed by atoms with van der Waals surface area (Å²) in [4.78, 5) is 47.2. The Hall–Kier alpha value is -3.41. The van der Waals surface area contributed by atoms with Crippen LogP contribution < -0.4 is 10.6 Å². The first-order chi connectivity index (χ1) is 17.0. The fourth-order valence-corrected chi connectivity index (χ4v) is 2.88. The molecule has 0 bridgehead atoms. The average molecular weight is 561 g/mol. The molecule has 12 nitrogen and oxygen atoms in total. The summed E-state index contributed by atoms with van der Waals surface area (Å²) in [5, 5.41) is 27.1. The van der Waals surface area contributed by atoms with E-state index in [1.165, 1.54) is 48.9 Å². The van der Waals surface area contributed by atoms with Crippen molar-refractivity contribution in [3.63, 3.8) is 0 Å². The quantitative estimate of drug-likeness (QED) is 0.118. The number of nitrogens with one attached hydrogen (secondary N) is 2. The van der Waals surface area contributed by atoms with E-state index in [2.05, 4.69) is 20.4 Å². The Morgan fingerprint density at radius 3 is 1.38 bits per heavy atom. The minimum absolute atomic E-state index is 0. The number of carbonyl (C=O) groups is 2. The molecule has 2 N–H and O–H groups in total. The van der Waals surface area contributed by atoms with E-state index in [0.29, 0.717) is 11.1 Å². The number of ketones is 2. The zero-order valence-electron chi connectivity index (χ0n) is 21.4. The van der Waals surface area contributed by atoms with Gasteiger partial charge in [-0.15, -0.1) is 0 Å². The summed E-state index contributed by atoms with van der Waals surface area (Å²) in [7, 11) is 7.94. The van der Waals surface area contributed by atoms with E-state index in [4.69, 9.17) is 0 Å². The van der Waals surface area contributed by atoms with Gasteiger partial charge in [0, 0.05) is 60.9 Å².